The second-order valence-electron chi connectivity index (χ2n) is 4.90. The van der Waals surface area contributed by atoms with Crippen molar-refractivity contribution < 1.29 is 4.39 Å². The largest absolute Gasteiger partial charge is 0.342 e. The van der Waals surface area contributed by atoms with Crippen LogP contribution < -0.4 is 4.90 Å². The lowest BCUT2D eigenvalue weighted by Crippen LogP contribution is -2.11. The molecular formula is C19H16FN. The zero-order valence-electron chi connectivity index (χ0n) is 11.8. The SMILES string of the molecule is CN(c1ccccc1)c1cccc(-c2ccccc2)c1F. The molecule has 0 atom stereocenters. The molecule has 3 aromatic rings. The van der Waals surface area contributed by atoms with Gasteiger partial charge in [0, 0.05) is 18.3 Å². The quantitative estimate of drug-likeness (QED) is 0.631. The summed E-state index contributed by atoms with van der Waals surface area (Å²) >= 11 is 0. The van der Waals surface area contributed by atoms with E-state index in [9.17, 15) is 4.39 Å². The third-order valence-electron chi connectivity index (χ3n) is 3.57. The van der Waals surface area contributed by atoms with Crippen molar-refractivity contribution in [1.82, 2.24) is 0 Å². The van der Waals surface area contributed by atoms with Gasteiger partial charge in [-0.25, -0.2) is 4.39 Å². The molecule has 0 aliphatic rings. The highest BCUT2D eigenvalue weighted by Crippen LogP contribution is 2.32. The van der Waals surface area contributed by atoms with Crippen LogP contribution in [0.25, 0.3) is 11.1 Å². The Balaban J connectivity index is 2.05. The van der Waals surface area contributed by atoms with E-state index in [1.165, 1.54) is 0 Å². The summed E-state index contributed by atoms with van der Waals surface area (Å²) in [6, 6.07) is 24.9. The molecule has 0 unspecified atom stereocenters. The van der Waals surface area contributed by atoms with Gasteiger partial charge in [-0.05, 0) is 23.8 Å². The predicted molar refractivity (Wildman–Crippen MR) is 86.3 cm³/mol. The van der Waals surface area contributed by atoms with Crippen molar-refractivity contribution in [2.45, 2.75) is 0 Å². The Bertz CT molecular complexity index is 723. The summed E-state index contributed by atoms with van der Waals surface area (Å²) in [4.78, 5) is 1.86. The number of hydrogen-bond acceptors (Lipinski definition) is 1. The zero-order valence-corrected chi connectivity index (χ0v) is 11.8. The van der Waals surface area contributed by atoms with E-state index < -0.39 is 0 Å². The van der Waals surface area contributed by atoms with Crippen molar-refractivity contribution in [2.24, 2.45) is 0 Å². The highest BCUT2D eigenvalue weighted by Gasteiger charge is 2.13. The van der Waals surface area contributed by atoms with Gasteiger partial charge in [0.05, 0.1) is 5.69 Å². The van der Waals surface area contributed by atoms with Gasteiger partial charge in [-0.15, -0.1) is 0 Å². The number of hydrogen-bond donors (Lipinski definition) is 0. The molecule has 0 radical (unpaired) electrons. The first-order valence-corrected chi connectivity index (χ1v) is 6.90. The van der Waals surface area contributed by atoms with Gasteiger partial charge in [-0.1, -0.05) is 60.7 Å². The predicted octanol–water partition coefficient (Wildman–Crippen LogP) is 5.26. The fourth-order valence-corrected chi connectivity index (χ4v) is 2.41. The van der Waals surface area contributed by atoms with Crippen LogP contribution in [0.5, 0.6) is 0 Å². The summed E-state index contributed by atoms with van der Waals surface area (Å²) < 4.78 is 14.9. The standard InChI is InChI=1S/C19H16FN/c1-21(16-11-6-3-7-12-16)18-14-8-13-17(19(18)20)15-9-4-2-5-10-15/h2-14H,1H3. The van der Waals surface area contributed by atoms with Crippen LogP contribution in [-0.2, 0) is 0 Å². The number of anilines is 2. The Hall–Kier alpha value is -2.61. The minimum Gasteiger partial charge on any atom is -0.342 e. The molecule has 104 valence electrons. The van der Waals surface area contributed by atoms with E-state index in [1.807, 2.05) is 84.7 Å². The van der Waals surface area contributed by atoms with Crippen LogP contribution in [-0.4, -0.2) is 7.05 Å². The van der Waals surface area contributed by atoms with Gasteiger partial charge in [0.2, 0.25) is 0 Å². The lowest BCUT2D eigenvalue weighted by molar-refractivity contribution is 0.631. The molecule has 0 amide bonds. The highest BCUT2D eigenvalue weighted by atomic mass is 19.1. The van der Waals surface area contributed by atoms with E-state index in [0.29, 0.717) is 11.3 Å². The van der Waals surface area contributed by atoms with Crippen molar-refractivity contribution in [2.75, 3.05) is 11.9 Å². The van der Waals surface area contributed by atoms with Crippen LogP contribution >= 0.6 is 0 Å². The Kier molecular flexibility index (Phi) is 3.69. The molecule has 0 bridgehead atoms. The molecule has 0 aliphatic carbocycles. The molecule has 0 fully saturated rings. The normalized spacial score (nSPS) is 10.4. The summed E-state index contributed by atoms with van der Waals surface area (Å²) in [6.07, 6.45) is 0. The number of para-hydroxylation sites is 1. The van der Waals surface area contributed by atoms with Crippen LogP contribution in [0, 0.1) is 5.82 Å². The molecule has 0 saturated carbocycles. The van der Waals surface area contributed by atoms with E-state index in [2.05, 4.69) is 0 Å². The average molecular weight is 277 g/mol. The van der Waals surface area contributed by atoms with Gasteiger partial charge in [-0.2, -0.15) is 0 Å². The molecular weight excluding hydrogens is 261 g/mol. The first-order chi connectivity index (χ1) is 10.3. The second-order valence-corrected chi connectivity index (χ2v) is 4.90. The molecule has 1 nitrogen and oxygen atoms in total. The second kappa shape index (κ2) is 5.80. The molecule has 0 heterocycles. The molecule has 0 aromatic heterocycles. The summed E-state index contributed by atoms with van der Waals surface area (Å²) in [5.41, 5.74) is 3.04. The van der Waals surface area contributed by atoms with Gasteiger partial charge >= 0.3 is 0 Å². The van der Waals surface area contributed by atoms with Gasteiger partial charge in [0.15, 0.2) is 5.82 Å². The van der Waals surface area contributed by atoms with Crippen molar-refractivity contribution in [3.63, 3.8) is 0 Å². The molecule has 3 rings (SSSR count). The van der Waals surface area contributed by atoms with Gasteiger partial charge in [-0.3, -0.25) is 0 Å². The maximum Gasteiger partial charge on any atom is 0.154 e. The molecule has 21 heavy (non-hydrogen) atoms. The highest BCUT2D eigenvalue weighted by molar-refractivity contribution is 5.73. The zero-order chi connectivity index (χ0) is 14.7. The molecule has 0 aliphatic heterocycles. The van der Waals surface area contributed by atoms with Gasteiger partial charge in [0.1, 0.15) is 0 Å². The van der Waals surface area contributed by atoms with Crippen LogP contribution in [0.2, 0.25) is 0 Å². The molecule has 0 saturated heterocycles. The van der Waals surface area contributed by atoms with Crippen LogP contribution in [0.15, 0.2) is 78.9 Å². The van der Waals surface area contributed by atoms with Crippen molar-refractivity contribution in [1.29, 1.82) is 0 Å². The lowest BCUT2D eigenvalue weighted by Gasteiger charge is -2.21. The van der Waals surface area contributed by atoms with E-state index in [4.69, 9.17) is 0 Å². The topological polar surface area (TPSA) is 3.24 Å². The Morgan fingerprint density at radius 2 is 1.33 bits per heavy atom. The minimum absolute atomic E-state index is 0.199. The lowest BCUT2D eigenvalue weighted by atomic mass is 10.0. The van der Waals surface area contributed by atoms with Gasteiger partial charge < -0.3 is 4.90 Å². The van der Waals surface area contributed by atoms with Gasteiger partial charge in [0.25, 0.3) is 0 Å². The first kappa shape index (κ1) is 13.4. The average Bonchev–Trinajstić information content (AvgIpc) is 2.56. The summed E-state index contributed by atoms with van der Waals surface area (Å²) in [5.74, 6) is -0.199. The Morgan fingerprint density at radius 3 is 2.00 bits per heavy atom. The maximum absolute atomic E-state index is 14.9. The van der Waals surface area contributed by atoms with Crippen molar-refractivity contribution in [3.8, 4) is 11.1 Å². The third kappa shape index (κ3) is 2.65. The fraction of sp³-hybridized carbons (Fsp3) is 0.0526. The first-order valence-electron chi connectivity index (χ1n) is 6.90. The third-order valence-corrected chi connectivity index (χ3v) is 3.57. The van der Waals surface area contributed by atoms with Crippen molar-refractivity contribution >= 4 is 11.4 Å². The number of halogens is 1. The van der Waals surface area contributed by atoms with E-state index in [0.717, 1.165) is 11.3 Å². The van der Waals surface area contributed by atoms with E-state index in [1.54, 1.807) is 6.07 Å². The number of benzene rings is 3. The van der Waals surface area contributed by atoms with Crippen LogP contribution in [0.1, 0.15) is 0 Å². The fourth-order valence-electron chi connectivity index (χ4n) is 2.41. The van der Waals surface area contributed by atoms with Crippen molar-refractivity contribution in [3.05, 3.63) is 84.7 Å². The summed E-state index contributed by atoms with van der Waals surface area (Å²) in [6.45, 7) is 0. The smallest absolute Gasteiger partial charge is 0.154 e. The Morgan fingerprint density at radius 1 is 0.714 bits per heavy atom. The number of nitrogens with zero attached hydrogens (tertiary/aromatic N) is 1. The molecule has 3 aromatic carbocycles. The van der Waals surface area contributed by atoms with Crippen LogP contribution in [0.4, 0.5) is 15.8 Å². The number of rotatable bonds is 3. The minimum atomic E-state index is -0.199. The molecule has 0 N–H and O–H groups in total. The molecule has 0 spiro atoms. The summed E-state index contributed by atoms with van der Waals surface area (Å²) in [7, 11) is 1.88. The monoisotopic (exact) mass is 277 g/mol. The van der Waals surface area contributed by atoms with E-state index in [-0.39, 0.29) is 5.82 Å². The summed E-state index contributed by atoms with van der Waals surface area (Å²) in [5, 5.41) is 0. The van der Waals surface area contributed by atoms with Crippen LogP contribution in [0.3, 0.4) is 0 Å². The molecule has 2 heteroatoms. The van der Waals surface area contributed by atoms with E-state index >= 15 is 0 Å². The maximum atomic E-state index is 14.9. The Labute approximate surface area is 124 Å².